The number of nitrogens with one attached hydrogen (secondary N) is 1. The summed E-state index contributed by atoms with van der Waals surface area (Å²) in [7, 11) is 0. The largest absolute Gasteiger partial charge is 0.349 e. The van der Waals surface area contributed by atoms with E-state index in [1.807, 2.05) is 30.3 Å². The summed E-state index contributed by atoms with van der Waals surface area (Å²) < 4.78 is 2.18. The van der Waals surface area contributed by atoms with Crippen molar-refractivity contribution in [2.24, 2.45) is 5.92 Å². The van der Waals surface area contributed by atoms with Crippen molar-refractivity contribution >= 4 is 17.7 Å². The highest BCUT2D eigenvalue weighted by molar-refractivity contribution is 7.99. The standard InChI is InChI=1S/C23H27N5OS/c1-16(2)14-20(17-6-4-3-5-7-17)25-21(29)15-30-23-27-26-22(28(23)19-8-9-19)18-10-12-24-13-11-18/h3-7,10-13,16,19-20H,8-9,14-15H2,1-2H3,(H,25,29)/t20-/m0/s1. The molecule has 3 aromatic rings. The summed E-state index contributed by atoms with van der Waals surface area (Å²) in [5.41, 5.74) is 2.15. The van der Waals surface area contributed by atoms with Crippen LogP contribution in [0.4, 0.5) is 0 Å². The molecule has 1 N–H and O–H groups in total. The van der Waals surface area contributed by atoms with Gasteiger partial charge in [-0.1, -0.05) is 55.9 Å². The van der Waals surface area contributed by atoms with Gasteiger partial charge >= 0.3 is 0 Å². The molecule has 0 spiro atoms. The van der Waals surface area contributed by atoms with Crippen LogP contribution in [0, 0.1) is 5.92 Å². The Balaban J connectivity index is 1.44. The van der Waals surface area contributed by atoms with Crippen LogP contribution in [0.1, 0.15) is 50.8 Å². The maximum atomic E-state index is 12.8. The minimum absolute atomic E-state index is 0.0188. The van der Waals surface area contributed by atoms with E-state index in [-0.39, 0.29) is 11.9 Å². The molecule has 1 aliphatic carbocycles. The summed E-state index contributed by atoms with van der Waals surface area (Å²) in [5, 5.41) is 12.8. The van der Waals surface area contributed by atoms with Gasteiger partial charge in [-0.15, -0.1) is 10.2 Å². The number of aromatic nitrogens is 4. The van der Waals surface area contributed by atoms with Crippen molar-refractivity contribution in [2.75, 3.05) is 5.75 Å². The molecule has 1 aliphatic rings. The molecule has 1 atom stereocenters. The van der Waals surface area contributed by atoms with E-state index in [9.17, 15) is 4.79 Å². The Morgan fingerprint density at radius 1 is 1.13 bits per heavy atom. The number of nitrogens with zero attached hydrogens (tertiary/aromatic N) is 4. The molecule has 1 amide bonds. The van der Waals surface area contributed by atoms with E-state index in [2.05, 4.69) is 51.0 Å². The molecule has 0 aliphatic heterocycles. The summed E-state index contributed by atoms with van der Waals surface area (Å²) >= 11 is 1.46. The van der Waals surface area contributed by atoms with Gasteiger partial charge in [-0.25, -0.2) is 0 Å². The number of hydrogen-bond donors (Lipinski definition) is 1. The first-order valence-corrected chi connectivity index (χ1v) is 11.4. The average Bonchev–Trinajstić information content (AvgIpc) is 3.51. The van der Waals surface area contributed by atoms with Gasteiger partial charge in [-0.2, -0.15) is 0 Å². The number of pyridine rings is 1. The van der Waals surface area contributed by atoms with Crippen molar-refractivity contribution in [3.63, 3.8) is 0 Å². The summed E-state index contributed by atoms with van der Waals surface area (Å²) in [6.45, 7) is 4.35. The van der Waals surface area contributed by atoms with E-state index in [4.69, 9.17) is 0 Å². The van der Waals surface area contributed by atoms with Gasteiger partial charge in [0.15, 0.2) is 11.0 Å². The molecule has 6 nitrogen and oxygen atoms in total. The number of rotatable bonds is 9. The Kier molecular flexibility index (Phi) is 6.47. The smallest absolute Gasteiger partial charge is 0.230 e. The maximum absolute atomic E-state index is 12.8. The van der Waals surface area contributed by atoms with E-state index in [0.29, 0.717) is 17.7 Å². The minimum Gasteiger partial charge on any atom is -0.349 e. The van der Waals surface area contributed by atoms with Crippen molar-refractivity contribution in [2.45, 2.75) is 50.4 Å². The first kappa shape index (κ1) is 20.6. The third kappa shape index (κ3) is 5.08. The molecule has 4 rings (SSSR count). The molecule has 0 bridgehead atoms. The first-order valence-electron chi connectivity index (χ1n) is 10.4. The lowest BCUT2D eigenvalue weighted by molar-refractivity contribution is -0.119. The number of amides is 1. The SMILES string of the molecule is CC(C)C[C@H](NC(=O)CSc1nnc(-c2ccncc2)n1C1CC1)c1ccccc1. The lowest BCUT2D eigenvalue weighted by Crippen LogP contribution is -2.31. The Morgan fingerprint density at radius 2 is 1.87 bits per heavy atom. The Hall–Kier alpha value is -2.67. The fourth-order valence-electron chi connectivity index (χ4n) is 3.54. The monoisotopic (exact) mass is 421 g/mol. The molecule has 156 valence electrons. The highest BCUT2D eigenvalue weighted by Crippen LogP contribution is 2.41. The van der Waals surface area contributed by atoms with Gasteiger partial charge in [-0.05, 0) is 42.9 Å². The van der Waals surface area contributed by atoms with Crippen LogP contribution in [-0.4, -0.2) is 31.4 Å². The van der Waals surface area contributed by atoms with E-state index >= 15 is 0 Å². The van der Waals surface area contributed by atoms with Gasteiger partial charge < -0.3 is 5.32 Å². The fraction of sp³-hybridized carbons (Fsp3) is 0.391. The summed E-state index contributed by atoms with van der Waals surface area (Å²) in [6.07, 6.45) is 6.69. The van der Waals surface area contributed by atoms with Crippen LogP contribution in [-0.2, 0) is 4.79 Å². The molecule has 0 radical (unpaired) electrons. The molecule has 1 fully saturated rings. The lowest BCUT2D eigenvalue weighted by Gasteiger charge is -2.21. The van der Waals surface area contributed by atoms with Crippen LogP contribution in [0.25, 0.3) is 11.4 Å². The summed E-state index contributed by atoms with van der Waals surface area (Å²) in [6, 6.07) is 14.5. The van der Waals surface area contributed by atoms with Crippen LogP contribution in [0.15, 0.2) is 60.0 Å². The topological polar surface area (TPSA) is 72.7 Å². The second kappa shape index (κ2) is 9.43. The molecule has 7 heteroatoms. The van der Waals surface area contributed by atoms with Crippen LogP contribution < -0.4 is 5.32 Å². The van der Waals surface area contributed by atoms with Crippen LogP contribution in [0.3, 0.4) is 0 Å². The van der Waals surface area contributed by atoms with Gasteiger partial charge in [0.05, 0.1) is 11.8 Å². The predicted molar refractivity (Wildman–Crippen MR) is 119 cm³/mol. The highest BCUT2D eigenvalue weighted by atomic mass is 32.2. The molecule has 0 saturated heterocycles. The molecule has 2 aromatic heterocycles. The zero-order valence-electron chi connectivity index (χ0n) is 17.4. The molecular weight excluding hydrogens is 394 g/mol. The number of thioether (sulfide) groups is 1. The molecule has 30 heavy (non-hydrogen) atoms. The summed E-state index contributed by atoms with van der Waals surface area (Å²) in [4.78, 5) is 16.8. The predicted octanol–water partition coefficient (Wildman–Crippen LogP) is 4.67. The van der Waals surface area contributed by atoms with Crippen LogP contribution in [0.2, 0.25) is 0 Å². The van der Waals surface area contributed by atoms with Crippen LogP contribution >= 0.6 is 11.8 Å². The second-order valence-corrected chi connectivity index (χ2v) is 9.03. The molecule has 0 unspecified atom stereocenters. The van der Waals surface area contributed by atoms with E-state index in [0.717, 1.165) is 41.4 Å². The normalized spacial score (nSPS) is 14.6. The fourth-order valence-corrected chi connectivity index (χ4v) is 4.35. The van der Waals surface area contributed by atoms with Gasteiger partial charge in [0.25, 0.3) is 0 Å². The van der Waals surface area contributed by atoms with E-state index in [1.54, 1.807) is 12.4 Å². The zero-order chi connectivity index (χ0) is 20.9. The Bertz CT molecular complexity index is 970. The summed E-state index contributed by atoms with van der Waals surface area (Å²) in [5.74, 6) is 1.68. The van der Waals surface area contributed by atoms with E-state index < -0.39 is 0 Å². The van der Waals surface area contributed by atoms with Crippen molar-refractivity contribution in [1.82, 2.24) is 25.1 Å². The Morgan fingerprint density at radius 3 is 2.53 bits per heavy atom. The second-order valence-electron chi connectivity index (χ2n) is 8.09. The van der Waals surface area contributed by atoms with Gasteiger partial charge in [0.1, 0.15) is 0 Å². The van der Waals surface area contributed by atoms with Gasteiger partial charge in [0.2, 0.25) is 5.91 Å². The third-order valence-corrected chi connectivity index (χ3v) is 6.03. The molecule has 1 saturated carbocycles. The highest BCUT2D eigenvalue weighted by Gasteiger charge is 2.30. The van der Waals surface area contributed by atoms with Crippen LogP contribution in [0.5, 0.6) is 0 Å². The van der Waals surface area contributed by atoms with Gasteiger partial charge in [-0.3, -0.25) is 14.3 Å². The number of carbonyl (C=O) groups excluding carboxylic acids is 1. The molecule has 2 heterocycles. The number of carbonyl (C=O) groups is 1. The third-order valence-electron chi connectivity index (χ3n) is 5.09. The van der Waals surface area contributed by atoms with Crippen molar-refractivity contribution in [3.8, 4) is 11.4 Å². The van der Waals surface area contributed by atoms with Crippen molar-refractivity contribution in [3.05, 3.63) is 60.4 Å². The number of benzene rings is 1. The van der Waals surface area contributed by atoms with E-state index in [1.165, 1.54) is 11.8 Å². The zero-order valence-corrected chi connectivity index (χ0v) is 18.2. The average molecular weight is 422 g/mol. The number of hydrogen-bond acceptors (Lipinski definition) is 5. The minimum atomic E-state index is 0.0188. The Labute approximate surface area is 181 Å². The first-order chi connectivity index (χ1) is 14.6. The molecule has 1 aromatic carbocycles. The quantitative estimate of drug-likeness (QED) is 0.508. The van der Waals surface area contributed by atoms with Gasteiger partial charge in [0, 0.05) is 24.0 Å². The van der Waals surface area contributed by atoms with Crippen molar-refractivity contribution in [1.29, 1.82) is 0 Å². The maximum Gasteiger partial charge on any atom is 0.230 e. The molecular formula is C23H27N5OS. The lowest BCUT2D eigenvalue weighted by atomic mass is 9.97. The van der Waals surface area contributed by atoms with Crippen molar-refractivity contribution < 1.29 is 4.79 Å².